The molecule has 7 heteroatoms. The van der Waals surface area contributed by atoms with E-state index in [0.29, 0.717) is 5.69 Å². The van der Waals surface area contributed by atoms with Crippen LogP contribution in [0.15, 0.2) is 42.6 Å². The Morgan fingerprint density at radius 1 is 0.862 bits per heavy atom. The summed E-state index contributed by atoms with van der Waals surface area (Å²) in [5.74, 6) is 0. The highest BCUT2D eigenvalue weighted by atomic mass is 16.7. The summed E-state index contributed by atoms with van der Waals surface area (Å²) < 4.78 is 12.3. The molecule has 1 aromatic heterocycles. The molecule has 0 aliphatic carbocycles. The second-order valence-electron chi connectivity index (χ2n) is 8.67. The molecule has 3 heterocycles. The molecular formula is C22H27BN4O2. The highest BCUT2D eigenvalue weighted by Crippen LogP contribution is 2.36. The number of nitrogens with zero attached hydrogens (tertiary/aromatic N) is 4. The average molecular weight is 390 g/mol. The summed E-state index contributed by atoms with van der Waals surface area (Å²) in [4.78, 5) is 8.88. The Labute approximate surface area is 173 Å². The van der Waals surface area contributed by atoms with Gasteiger partial charge in [0, 0.05) is 31.9 Å². The van der Waals surface area contributed by atoms with E-state index in [4.69, 9.17) is 14.6 Å². The Balaban J connectivity index is 1.38. The highest BCUT2D eigenvalue weighted by Gasteiger charge is 2.51. The quantitative estimate of drug-likeness (QED) is 0.751. The number of nitriles is 1. The fourth-order valence-electron chi connectivity index (χ4n) is 3.68. The van der Waals surface area contributed by atoms with Gasteiger partial charge in [-0.1, -0.05) is 12.1 Å². The van der Waals surface area contributed by atoms with Gasteiger partial charge in [-0.25, -0.2) is 4.98 Å². The second-order valence-corrected chi connectivity index (χ2v) is 8.67. The van der Waals surface area contributed by atoms with Crippen LogP contribution in [0.2, 0.25) is 0 Å². The van der Waals surface area contributed by atoms with Crippen LogP contribution in [0.1, 0.15) is 33.4 Å². The number of benzene rings is 1. The van der Waals surface area contributed by atoms with Gasteiger partial charge in [0.2, 0.25) is 0 Å². The Kier molecular flexibility index (Phi) is 5.01. The number of pyridine rings is 1. The van der Waals surface area contributed by atoms with Crippen LogP contribution in [0.3, 0.4) is 0 Å². The Morgan fingerprint density at radius 3 is 1.86 bits per heavy atom. The van der Waals surface area contributed by atoms with Crippen LogP contribution < -0.4 is 15.3 Å². The van der Waals surface area contributed by atoms with Crippen LogP contribution >= 0.6 is 0 Å². The summed E-state index contributed by atoms with van der Waals surface area (Å²) in [6.07, 6.45) is 1.79. The van der Waals surface area contributed by atoms with Crippen LogP contribution in [0.5, 0.6) is 0 Å². The average Bonchev–Trinajstić information content (AvgIpc) is 2.95. The summed E-state index contributed by atoms with van der Waals surface area (Å²) >= 11 is 0. The van der Waals surface area contributed by atoms with Gasteiger partial charge in [0.25, 0.3) is 0 Å². The SMILES string of the molecule is CC1(C)OB(c2ccc(N3CCN(c4ccc(C#N)nc4)CC3)cc2)OC1(C)C. The minimum atomic E-state index is -0.326. The molecule has 29 heavy (non-hydrogen) atoms. The van der Waals surface area contributed by atoms with Crippen molar-refractivity contribution in [3.05, 3.63) is 48.3 Å². The van der Waals surface area contributed by atoms with Crippen molar-refractivity contribution >= 4 is 24.0 Å². The summed E-state index contributed by atoms with van der Waals surface area (Å²) in [7, 11) is -0.324. The normalized spacial score (nSPS) is 20.6. The molecule has 0 radical (unpaired) electrons. The van der Waals surface area contributed by atoms with E-state index in [1.165, 1.54) is 5.69 Å². The van der Waals surface area contributed by atoms with E-state index in [2.05, 4.69) is 72.8 Å². The summed E-state index contributed by atoms with van der Waals surface area (Å²) in [6, 6.07) is 14.3. The lowest BCUT2D eigenvalue weighted by atomic mass is 9.79. The number of anilines is 2. The van der Waals surface area contributed by atoms with Crippen molar-refractivity contribution in [3.8, 4) is 6.07 Å². The van der Waals surface area contributed by atoms with Crippen LogP contribution in [-0.4, -0.2) is 49.5 Å². The zero-order valence-corrected chi connectivity index (χ0v) is 17.6. The molecule has 0 amide bonds. The lowest BCUT2D eigenvalue weighted by Crippen LogP contribution is -2.46. The largest absolute Gasteiger partial charge is 0.494 e. The third-order valence-electron chi connectivity index (χ3n) is 6.29. The maximum Gasteiger partial charge on any atom is 0.494 e. The first-order chi connectivity index (χ1) is 13.8. The van der Waals surface area contributed by atoms with Crippen LogP contribution in [-0.2, 0) is 9.31 Å². The topological polar surface area (TPSA) is 61.6 Å². The van der Waals surface area contributed by atoms with Gasteiger partial charge < -0.3 is 19.1 Å². The molecule has 150 valence electrons. The molecule has 2 aliphatic rings. The zero-order valence-electron chi connectivity index (χ0n) is 17.6. The lowest BCUT2D eigenvalue weighted by molar-refractivity contribution is 0.00578. The van der Waals surface area contributed by atoms with E-state index in [1.54, 1.807) is 12.3 Å². The molecule has 1 aromatic carbocycles. The molecular weight excluding hydrogens is 363 g/mol. The van der Waals surface area contributed by atoms with Crippen molar-refractivity contribution in [1.29, 1.82) is 5.26 Å². The molecule has 0 unspecified atom stereocenters. The van der Waals surface area contributed by atoms with Crippen molar-refractivity contribution in [2.24, 2.45) is 0 Å². The number of hydrogen-bond donors (Lipinski definition) is 0. The highest BCUT2D eigenvalue weighted by molar-refractivity contribution is 6.62. The third-order valence-corrected chi connectivity index (χ3v) is 6.29. The van der Waals surface area contributed by atoms with Crippen molar-refractivity contribution in [2.75, 3.05) is 36.0 Å². The zero-order chi connectivity index (χ0) is 20.6. The predicted molar refractivity (Wildman–Crippen MR) is 116 cm³/mol. The lowest BCUT2D eigenvalue weighted by Gasteiger charge is -2.37. The van der Waals surface area contributed by atoms with Crippen LogP contribution in [0, 0.1) is 11.3 Å². The first-order valence-electron chi connectivity index (χ1n) is 10.1. The second kappa shape index (κ2) is 7.36. The van der Waals surface area contributed by atoms with E-state index in [9.17, 15) is 0 Å². The fraction of sp³-hybridized carbons (Fsp3) is 0.455. The maximum atomic E-state index is 8.89. The number of rotatable bonds is 3. The van der Waals surface area contributed by atoms with Gasteiger partial charge in [0.1, 0.15) is 11.8 Å². The maximum absolute atomic E-state index is 8.89. The van der Waals surface area contributed by atoms with Crippen molar-refractivity contribution in [1.82, 2.24) is 4.98 Å². The molecule has 0 spiro atoms. The van der Waals surface area contributed by atoms with Gasteiger partial charge in [-0.2, -0.15) is 5.26 Å². The van der Waals surface area contributed by atoms with E-state index in [0.717, 1.165) is 37.3 Å². The number of aromatic nitrogens is 1. The van der Waals surface area contributed by atoms with Crippen molar-refractivity contribution in [2.45, 2.75) is 38.9 Å². The van der Waals surface area contributed by atoms with Gasteiger partial charge in [-0.15, -0.1) is 0 Å². The van der Waals surface area contributed by atoms with Gasteiger partial charge in [0.15, 0.2) is 0 Å². The molecule has 0 atom stereocenters. The smallest absolute Gasteiger partial charge is 0.399 e. The summed E-state index contributed by atoms with van der Waals surface area (Å²) in [5.41, 5.74) is 3.13. The van der Waals surface area contributed by atoms with Crippen LogP contribution in [0.4, 0.5) is 11.4 Å². The fourth-order valence-corrected chi connectivity index (χ4v) is 3.68. The van der Waals surface area contributed by atoms with E-state index < -0.39 is 0 Å². The minimum absolute atomic E-state index is 0.324. The number of hydrogen-bond acceptors (Lipinski definition) is 6. The van der Waals surface area contributed by atoms with Crippen molar-refractivity contribution in [3.63, 3.8) is 0 Å². The molecule has 4 rings (SSSR count). The Hall–Kier alpha value is -2.56. The van der Waals surface area contributed by atoms with Gasteiger partial charge in [-0.3, -0.25) is 0 Å². The minimum Gasteiger partial charge on any atom is -0.399 e. The first-order valence-corrected chi connectivity index (χ1v) is 10.1. The van der Waals surface area contributed by atoms with E-state index in [1.807, 2.05) is 6.07 Å². The first kappa shape index (κ1) is 19.7. The van der Waals surface area contributed by atoms with Gasteiger partial charge in [0.05, 0.1) is 23.1 Å². The molecule has 2 saturated heterocycles. The monoisotopic (exact) mass is 390 g/mol. The number of piperazine rings is 1. The molecule has 2 aliphatic heterocycles. The molecule has 0 bridgehead atoms. The molecule has 0 saturated carbocycles. The van der Waals surface area contributed by atoms with E-state index >= 15 is 0 Å². The van der Waals surface area contributed by atoms with Gasteiger partial charge in [-0.05, 0) is 57.4 Å². The molecule has 2 fully saturated rings. The Morgan fingerprint density at radius 2 is 1.38 bits per heavy atom. The Bertz CT molecular complexity index is 882. The molecule has 0 N–H and O–H groups in total. The molecule has 2 aromatic rings. The van der Waals surface area contributed by atoms with E-state index in [-0.39, 0.29) is 18.3 Å². The van der Waals surface area contributed by atoms with Gasteiger partial charge >= 0.3 is 7.12 Å². The molecule has 6 nitrogen and oxygen atoms in total. The predicted octanol–water partition coefficient (Wildman–Crippen LogP) is 2.58. The summed E-state index contributed by atoms with van der Waals surface area (Å²) in [5, 5.41) is 8.89. The van der Waals surface area contributed by atoms with Crippen LogP contribution in [0.25, 0.3) is 0 Å². The summed E-state index contributed by atoms with van der Waals surface area (Å²) in [6.45, 7) is 12.0. The third kappa shape index (κ3) is 3.83. The standard InChI is InChI=1S/C22H27BN4O2/c1-21(2)22(3,4)29-23(28-21)17-5-8-19(9-6-17)26-11-13-27(14-12-26)20-10-7-18(15-24)25-16-20/h5-10,16H,11-14H2,1-4H3. The van der Waals surface area contributed by atoms with Crippen molar-refractivity contribution < 1.29 is 9.31 Å².